The van der Waals surface area contributed by atoms with Crippen LogP contribution in [0, 0.1) is 0 Å². The lowest BCUT2D eigenvalue weighted by molar-refractivity contribution is -0.0439. The van der Waals surface area contributed by atoms with Crippen molar-refractivity contribution in [3.05, 3.63) is 0 Å². The second-order valence-electron chi connectivity index (χ2n) is 6.91. The molecular formula is C15H29FO12P2. The molecule has 30 heavy (non-hydrogen) atoms. The topological polar surface area (TPSA) is 148 Å². The van der Waals surface area contributed by atoms with Crippen LogP contribution in [0.25, 0.3) is 0 Å². The van der Waals surface area contributed by atoms with Crippen molar-refractivity contribution in [2.24, 2.45) is 0 Å². The summed E-state index contributed by atoms with van der Waals surface area (Å²) in [6.45, 7) is 2.52. The van der Waals surface area contributed by atoms with E-state index in [1.807, 2.05) is 0 Å². The van der Waals surface area contributed by atoms with E-state index in [0.29, 0.717) is 0 Å². The highest BCUT2D eigenvalue weighted by molar-refractivity contribution is 7.47. The van der Waals surface area contributed by atoms with Crippen molar-refractivity contribution in [2.75, 3.05) is 34.5 Å². The number of alkyl halides is 1. The second-order valence-corrected chi connectivity index (χ2v) is 9.83. The maximum Gasteiger partial charge on any atom is 0.472 e. The Morgan fingerprint density at radius 3 is 2.00 bits per heavy atom. The molecule has 2 rings (SSSR count). The van der Waals surface area contributed by atoms with Crippen molar-refractivity contribution in [3.8, 4) is 0 Å². The van der Waals surface area contributed by atoms with Crippen LogP contribution in [0.15, 0.2) is 0 Å². The number of methoxy groups -OCH3 is 2. The van der Waals surface area contributed by atoms with E-state index in [9.17, 15) is 23.3 Å². The van der Waals surface area contributed by atoms with Gasteiger partial charge in [-0.1, -0.05) is 0 Å². The van der Waals surface area contributed by atoms with Crippen molar-refractivity contribution >= 4 is 15.6 Å². The molecule has 0 aromatic carbocycles. The zero-order valence-corrected chi connectivity index (χ0v) is 19.1. The van der Waals surface area contributed by atoms with Crippen LogP contribution in [-0.2, 0) is 46.2 Å². The van der Waals surface area contributed by atoms with Gasteiger partial charge in [0.25, 0.3) is 0 Å². The Morgan fingerprint density at radius 2 is 1.43 bits per heavy atom. The molecule has 0 aromatic heterocycles. The molecule has 178 valence electrons. The largest absolute Gasteiger partial charge is 0.472 e. The molecule has 0 bridgehead atoms. The minimum atomic E-state index is -4.69. The third kappa shape index (κ3) is 6.50. The van der Waals surface area contributed by atoms with Gasteiger partial charge in [0.05, 0.1) is 25.4 Å². The Kier molecular flexibility index (Phi) is 9.39. The van der Waals surface area contributed by atoms with E-state index < -0.39 is 71.2 Å². The number of hydrogen-bond donors (Lipinski definition) is 2. The Balaban J connectivity index is 2.03. The summed E-state index contributed by atoms with van der Waals surface area (Å²) in [6, 6.07) is 0. The monoisotopic (exact) mass is 482 g/mol. The van der Waals surface area contributed by atoms with Gasteiger partial charge in [0.15, 0.2) is 6.17 Å². The minimum Gasteiger partial charge on any atom is -0.382 e. The van der Waals surface area contributed by atoms with Crippen molar-refractivity contribution in [2.45, 2.75) is 62.7 Å². The molecule has 0 aromatic rings. The van der Waals surface area contributed by atoms with Gasteiger partial charge in [-0.05, 0) is 13.8 Å². The molecule has 2 saturated heterocycles. The lowest BCUT2D eigenvalue weighted by atomic mass is 10.1. The molecule has 4 unspecified atom stereocenters. The second kappa shape index (κ2) is 10.7. The highest BCUT2D eigenvalue weighted by atomic mass is 31.2. The van der Waals surface area contributed by atoms with Gasteiger partial charge in [-0.25, -0.2) is 13.5 Å². The predicted octanol–water partition coefficient (Wildman–Crippen LogP) is 1.19. The Hall–Kier alpha value is -0.0100. The van der Waals surface area contributed by atoms with Crippen LogP contribution in [0.2, 0.25) is 0 Å². The molecule has 12 nitrogen and oxygen atoms in total. The van der Waals surface area contributed by atoms with Gasteiger partial charge in [-0.2, -0.15) is 0 Å². The summed E-state index contributed by atoms with van der Waals surface area (Å²) in [5.74, 6) is 0. The maximum atomic E-state index is 14.3. The smallest absolute Gasteiger partial charge is 0.382 e. The van der Waals surface area contributed by atoms with Gasteiger partial charge in [0.2, 0.25) is 0 Å². The van der Waals surface area contributed by atoms with Crippen molar-refractivity contribution in [1.82, 2.24) is 0 Å². The summed E-state index contributed by atoms with van der Waals surface area (Å²) >= 11 is 0. The fraction of sp³-hybridized carbons (Fsp3) is 1.00. The zero-order chi connectivity index (χ0) is 22.7. The lowest BCUT2D eigenvalue weighted by Gasteiger charge is -2.26. The summed E-state index contributed by atoms with van der Waals surface area (Å²) < 4.78 is 79.0. The predicted molar refractivity (Wildman–Crippen MR) is 98.6 cm³/mol. The van der Waals surface area contributed by atoms with Gasteiger partial charge in [0.1, 0.15) is 30.5 Å². The fourth-order valence-electron chi connectivity index (χ4n) is 3.37. The van der Waals surface area contributed by atoms with Crippen LogP contribution in [0.5, 0.6) is 0 Å². The number of hydrogen-bond acceptors (Lipinski definition) is 10. The summed E-state index contributed by atoms with van der Waals surface area (Å²) in [5, 5.41) is 0. The van der Waals surface area contributed by atoms with Crippen LogP contribution in [0.3, 0.4) is 0 Å². The molecule has 0 radical (unpaired) electrons. The molecule has 0 spiro atoms. The van der Waals surface area contributed by atoms with Crippen LogP contribution < -0.4 is 0 Å². The van der Waals surface area contributed by atoms with Gasteiger partial charge in [-0.3, -0.25) is 18.1 Å². The molecule has 10 atom stereocenters. The maximum absolute atomic E-state index is 14.3. The van der Waals surface area contributed by atoms with Gasteiger partial charge >= 0.3 is 15.6 Å². The molecule has 2 aliphatic rings. The average Bonchev–Trinajstić information content (AvgIpc) is 3.10. The van der Waals surface area contributed by atoms with E-state index in [4.69, 9.17) is 32.5 Å². The van der Waals surface area contributed by atoms with E-state index in [1.165, 1.54) is 21.1 Å². The molecule has 2 heterocycles. The summed E-state index contributed by atoms with van der Waals surface area (Å²) in [5.41, 5.74) is 0. The first-order chi connectivity index (χ1) is 13.9. The van der Waals surface area contributed by atoms with Gasteiger partial charge < -0.3 is 28.7 Å². The van der Waals surface area contributed by atoms with Crippen molar-refractivity contribution in [3.63, 3.8) is 0 Å². The SMILES string of the molecule is COC[C@H]1O[C@@H](C)C(OC)[C@H]1OP(=O)(O)OC[C@H]1O[C@@H](C)C(F)[C@H]1OP(=O)(O)OC. The van der Waals surface area contributed by atoms with Crippen LogP contribution >= 0.6 is 15.6 Å². The van der Waals surface area contributed by atoms with Gasteiger partial charge in [-0.15, -0.1) is 0 Å². The van der Waals surface area contributed by atoms with Crippen LogP contribution in [-0.4, -0.2) is 93.2 Å². The van der Waals surface area contributed by atoms with Crippen LogP contribution in [0.1, 0.15) is 13.8 Å². The van der Waals surface area contributed by atoms with E-state index in [0.717, 1.165) is 7.11 Å². The van der Waals surface area contributed by atoms with Gasteiger partial charge in [0, 0.05) is 21.3 Å². The number of rotatable bonds is 11. The average molecular weight is 482 g/mol. The lowest BCUT2D eigenvalue weighted by Crippen LogP contribution is -2.38. The van der Waals surface area contributed by atoms with Crippen LogP contribution in [0.4, 0.5) is 4.39 Å². The quantitative estimate of drug-likeness (QED) is 0.408. The molecule has 2 fully saturated rings. The third-order valence-corrected chi connectivity index (χ3v) is 6.76. The Bertz CT molecular complexity index is 653. The van der Waals surface area contributed by atoms with Crippen molar-refractivity contribution in [1.29, 1.82) is 0 Å². The standard InChI is InChI=1S/C15H29FO12P2/c1-8-12(16)14(27-29(17,18)23-5)11(25-8)7-24-30(19,20)28-15-10(6-21-3)26-9(2)13(15)22-4/h8-15H,6-7H2,1-5H3,(H,17,18)(H,19,20)/t8-,9-,10+,11+,12?,13?,14-,15-/m0/s1. The first-order valence-corrected chi connectivity index (χ1v) is 12.1. The normalized spacial score (nSPS) is 40.9. The summed E-state index contributed by atoms with van der Waals surface area (Å²) in [7, 11) is -5.47. The molecule has 0 amide bonds. The number of phosphoric ester groups is 2. The molecule has 2 aliphatic heterocycles. The van der Waals surface area contributed by atoms with E-state index in [1.54, 1.807) is 6.92 Å². The number of phosphoric acid groups is 2. The number of halogens is 1. The Morgan fingerprint density at radius 1 is 0.867 bits per heavy atom. The summed E-state index contributed by atoms with van der Waals surface area (Å²) in [6.07, 6.45) is -8.37. The van der Waals surface area contributed by atoms with E-state index in [2.05, 4.69) is 4.52 Å². The summed E-state index contributed by atoms with van der Waals surface area (Å²) in [4.78, 5) is 19.6. The highest BCUT2D eigenvalue weighted by Crippen LogP contribution is 2.50. The molecule has 2 N–H and O–H groups in total. The highest BCUT2D eigenvalue weighted by Gasteiger charge is 2.50. The third-order valence-electron chi connectivity index (χ3n) is 4.81. The molecule has 15 heteroatoms. The Labute approximate surface area is 174 Å². The first kappa shape index (κ1) is 26.2. The first-order valence-electron chi connectivity index (χ1n) is 9.14. The molecule has 0 aliphatic carbocycles. The van der Waals surface area contributed by atoms with Crippen molar-refractivity contribution < 1.29 is 60.3 Å². The van der Waals surface area contributed by atoms with E-state index in [-0.39, 0.29) is 6.61 Å². The number of ether oxygens (including phenoxy) is 4. The fourth-order valence-corrected chi connectivity index (χ4v) is 4.98. The molecular weight excluding hydrogens is 453 g/mol. The minimum absolute atomic E-state index is 0.0837. The molecule has 0 saturated carbocycles. The van der Waals surface area contributed by atoms with E-state index >= 15 is 0 Å². The zero-order valence-electron chi connectivity index (χ0n) is 17.3.